The van der Waals surface area contributed by atoms with Crippen molar-refractivity contribution in [3.63, 3.8) is 0 Å². The molecule has 0 atom stereocenters. The fourth-order valence-corrected chi connectivity index (χ4v) is 4.11. The molecule has 0 aliphatic carbocycles. The van der Waals surface area contributed by atoms with Crippen LogP contribution in [-0.4, -0.2) is 42.5 Å². The number of sulfonamides is 1. The third-order valence-electron chi connectivity index (χ3n) is 3.46. The van der Waals surface area contributed by atoms with E-state index in [1.165, 1.54) is 6.07 Å². The lowest BCUT2D eigenvalue weighted by atomic mass is 10.0. The highest BCUT2D eigenvalue weighted by molar-refractivity contribution is 7.89. The first kappa shape index (κ1) is 16.8. The van der Waals surface area contributed by atoms with E-state index in [4.69, 9.17) is 9.84 Å². The number of carboxylic acid groups (broad SMARTS) is 1. The summed E-state index contributed by atoms with van der Waals surface area (Å²) < 4.78 is 32.0. The molecule has 0 radical (unpaired) electrons. The van der Waals surface area contributed by atoms with Gasteiger partial charge in [0.2, 0.25) is 10.0 Å². The van der Waals surface area contributed by atoms with Crippen LogP contribution in [0.15, 0.2) is 23.1 Å². The zero-order valence-corrected chi connectivity index (χ0v) is 13.8. The first-order chi connectivity index (χ1) is 10.2. The molecule has 0 saturated heterocycles. The van der Waals surface area contributed by atoms with Crippen molar-refractivity contribution in [1.82, 2.24) is 4.31 Å². The van der Waals surface area contributed by atoms with Gasteiger partial charge in [-0.15, -0.1) is 0 Å². The van der Waals surface area contributed by atoms with Crippen molar-refractivity contribution in [3.05, 3.63) is 23.8 Å². The Kier molecular flexibility index (Phi) is 4.49. The Morgan fingerprint density at radius 1 is 1.41 bits per heavy atom. The second-order valence-corrected chi connectivity index (χ2v) is 7.98. The normalized spacial score (nSPS) is 16.4. The second-order valence-electron chi connectivity index (χ2n) is 6.04. The van der Waals surface area contributed by atoms with Gasteiger partial charge in [0, 0.05) is 13.0 Å². The molecular formula is C15H21NO5S. The fourth-order valence-electron chi connectivity index (χ4n) is 2.58. The molecule has 0 spiro atoms. The zero-order valence-electron chi connectivity index (χ0n) is 13.0. The summed E-state index contributed by atoms with van der Waals surface area (Å²) in [5.74, 6) is -0.480. The molecule has 122 valence electrons. The van der Waals surface area contributed by atoms with Crippen LogP contribution in [0.4, 0.5) is 0 Å². The fraction of sp³-hybridized carbons (Fsp3) is 0.533. The summed E-state index contributed by atoms with van der Waals surface area (Å²) in [4.78, 5) is 11.0. The maximum absolute atomic E-state index is 12.6. The van der Waals surface area contributed by atoms with Crippen molar-refractivity contribution < 1.29 is 23.1 Å². The number of carboxylic acids is 1. The topological polar surface area (TPSA) is 83.9 Å². The van der Waals surface area contributed by atoms with Crippen LogP contribution in [0.5, 0.6) is 5.75 Å². The van der Waals surface area contributed by atoms with Crippen molar-refractivity contribution in [2.75, 3.05) is 13.1 Å². The van der Waals surface area contributed by atoms with Crippen LogP contribution in [0.3, 0.4) is 0 Å². The van der Waals surface area contributed by atoms with Gasteiger partial charge in [0.1, 0.15) is 17.9 Å². The van der Waals surface area contributed by atoms with Crippen LogP contribution in [-0.2, 0) is 21.2 Å². The van der Waals surface area contributed by atoms with Gasteiger partial charge in [-0.3, -0.25) is 4.79 Å². The number of hydrogen-bond donors (Lipinski definition) is 1. The van der Waals surface area contributed by atoms with Crippen molar-refractivity contribution in [2.45, 2.75) is 44.1 Å². The van der Waals surface area contributed by atoms with E-state index in [1.54, 1.807) is 12.1 Å². The molecule has 0 bridgehead atoms. The molecular weight excluding hydrogens is 306 g/mol. The molecule has 7 heteroatoms. The lowest BCUT2D eigenvalue weighted by Gasteiger charge is -2.19. The molecule has 22 heavy (non-hydrogen) atoms. The van der Waals surface area contributed by atoms with Gasteiger partial charge in [0.25, 0.3) is 0 Å². The van der Waals surface area contributed by atoms with Gasteiger partial charge in [-0.2, -0.15) is 4.31 Å². The number of ether oxygens (including phenoxy) is 1. The minimum absolute atomic E-state index is 0.113. The smallest absolute Gasteiger partial charge is 0.318 e. The highest BCUT2D eigenvalue weighted by Crippen LogP contribution is 2.36. The molecule has 0 unspecified atom stereocenters. The van der Waals surface area contributed by atoms with Crippen LogP contribution in [0, 0.1) is 0 Å². The third kappa shape index (κ3) is 3.41. The first-order valence-electron chi connectivity index (χ1n) is 7.19. The van der Waals surface area contributed by atoms with E-state index in [0.29, 0.717) is 18.6 Å². The van der Waals surface area contributed by atoms with Crippen LogP contribution >= 0.6 is 0 Å². The average molecular weight is 327 g/mol. The summed E-state index contributed by atoms with van der Waals surface area (Å²) in [5.41, 5.74) is 0.479. The Labute approximate surface area is 130 Å². The molecule has 0 saturated carbocycles. The van der Waals surface area contributed by atoms with Gasteiger partial charge in [-0.1, -0.05) is 6.92 Å². The van der Waals surface area contributed by atoms with E-state index in [0.717, 1.165) is 9.87 Å². The number of aliphatic carboxylic acids is 1. The van der Waals surface area contributed by atoms with E-state index in [9.17, 15) is 13.2 Å². The van der Waals surface area contributed by atoms with E-state index in [2.05, 4.69) is 0 Å². The number of fused-ring (bicyclic) bond motifs is 1. The van der Waals surface area contributed by atoms with E-state index in [1.807, 2.05) is 20.8 Å². The number of benzene rings is 1. The summed E-state index contributed by atoms with van der Waals surface area (Å²) in [7, 11) is -3.82. The molecule has 1 aliphatic rings. The predicted octanol–water partition coefficient (Wildman–Crippen LogP) is 1.89. The first-order valence-corrected chi connectivity index (χ1v) is 8.63. The highest BCUT2D eigenvalue weighted by Gasteiger charge is 2.32. The van der Waals surface area contributed by atoms with Crippen molar-refractivity contribution >= 4 is 16.0 Å². The van der Waals surface area contributed by atoms with Gasteiger partial charge in [0.15, 0.2) is 0 Å². The summed E-state index contributed by atoms with van der Waals surface area (Å²) in [6.07, 6.45) is 1.17. The van der Waals surface area contributed by atoms with Crippen LogP contribution in [0.2, 0.25) is 0 Å². The van der Waals surface area contributed by atoms with E-state index >= 15 is 0 Å². The van der Waals surface area contributed by atoms with Gasteiger partial charge >= 0.3 is 5.97 Å². The third-order valence-corrected chi connectivity index (χ3v) is 5.30. The molecule has 1 aliphatic heterocycles. The maximum atomic E-state index is 12.6. The summed E-state index contributed by atoms with van der Waals surface area (Å²) in [6, 6.07) is 4.70. The van der Waals surface area contributed by atoms with Gasteiger partial charge < -0.3 is 9.84 Å². The molecule has 1 N–H and O–H groups in total. The zero-order chi connectivity index (χ0) is 16.5. The molecule has 1 aromatic rings. The van der Waals surface area contributed by atoms with Gasteiger partial charge in [-0.05, 0) is 44.0 Å². The number of carbonyl (C=O) groups is 1. The van der Waals surface area contributed by atoms with Crippen LogP contribution in [0.25, 0.3) is 0 Å². The quantitative estimate of drug-likeness (QED) is 0.862. The largest absolute Gasteiger partial charge is 0.487 e. The Balaban J connectivity index is 2.36. The van der Waals surface area contributed by atoms with Crippen molar-refractivity contribution in [1.29, 1.82) is 0 Å². The Morgan fingerprint density at radius 3 is 2.68 bits per heavy atom. The predicted molar refractivity (Wildman–Crippen MR) is 81.5 cm³/mol. The summed E-state index contributed by atoms with van der Waals surface area (Å²) >= 11 is 0. The molecule has 0 amide bonds. The highest BCUT2D eigenvalue weighted by atomic mass is 32.2. The number of rotatable bonds is 6. The molecule has 2 rings (SSSR count). The average Bonchev–Trinajstić information content (AvgIpc) is 2.70. The number of hydrogen-bond acceptors (Lipinski definition) is 4. The van der Waals surface area contributed by atoms with Gasteiger partial charge in [-0.25, -0.2) is 8.42 Å². The minimum atomic E-state index is -3.82. The molecule has 0 fully saturated rings. The van der Waals surface area contributed by atoms with Crippen LogP contribution < -0.4 is 4.74 Å². The van der Waals surface area contributed by atoms with Crippen molar-refractivity contribution in [2.24, 2.45) is 0 Å². The van der Waals surface area contributed by atoms with Crippen molar-refractivity contribution in [3.8, 4) is 5.75 Å². The summed E-state index contributed by atoms with van der Waals surface area (Å²) in [6.45, 7) is 5.33. The Morgan fingerprint density at radius 2 is 2.09 bits per heavy atom. The lowest BCUT2D eigenvalue weighted by Crippen LogP contribution is -2.36. The van der Waals surface area contributed by atoms with E-state index in [-0.39, 0.29) is 17.0 Å². The monoisotopic (exact) mass is 327 g/mol. The van der Waals surface area contributed by atoms with E-state index < -0.39 is 22.5 Å². The Bertz CT molecular complexity index is 681. The van der Waals surface area contributed by atoms with Crippen LogP contribution in [0.1, 0.15) is 32.8 Å². The Hall–Kier alpha value is -1.60. The summed E-state index contributed by atoms with van der Waals surface area (Å²) in [5, 5.41) is 8.92. The second kappa shape index (κ2) is 5.89. The standard InChI is InChI=1S/C15H21NO5S/c1-4-7-16(10-14(17)18)22(19,20)12-5-6-13-11(8-12)9-15(2,3)21-13/h5-6,8H,4,7,9-10H2,1-3H3,(H,17,18). The molecule has 1 heterocycles. The molecule has 6 nitrogen and oxygen atoms in total. The molecule has 0 aromatic heterocycles. The number of nitrogens with zero attached hydrogens (tertiary/aromatic N) is 1. The maximum Gasteiger partial charge on any atom is 0.318 e. The lowest BCUT2D eigenvalue weighted by molar-refractivity contribution is -0.137. The molecule has 1 aromatic carbocycles. The van der Waals surface area contributed by atoms with Gasteiger partial charge in [0.05, 0.1) is 4.90 Å². The minimum Gasteiger partial charge on any atom is -0.487 e. The SMILES string of the molecule is CCCN(CC(=O)O)S(=O)(=O)c1ccc2c(c1)CC(C)(C)O2.